The molecule has 0 saturated carbocycles. The summed E-state index contributed by atoms with van der Waals surface area (Å²) >= 11 is 0. The van der Waals surface area contributed by atoms with E-state index in [1.54, 1.807) is 6.07 Å². The highest BCUT2D eigenvalue weighted by Crippen LogP contribution is 2.26. The topological polar surface area (TPSA) is 88.0 Å². The van der Waals surface area contributed by atoms with Gasteiger partial charge in [-0.2, -0.15) is 0 Å². The number of hydrogen-bond donors (Lipinski definition) is 3. The summed E-state index contributed by atoms with van der Waals surface area (Å²) in [5.74, 6) is -0.0583. The highest BCUT2D eigenvalue weighted by Gasteiger charge is 2.11. The number of aliphatic hydroxyl groups is 1. The second-order valence-corrected chi connectivity index (χ2v) is 4.19. The van der Waals surface area contributed by atoms with E-state index in [0.717, 1.165) is 0 Å². The first-order valence-electron chi connectivity index (χ1n) is 6.50. The first-order chi connectivity index (χ1) is 9.62. The first kappa shape index (κ1) is 16.3. The van der Waals surface area contributed by atoms with Gasteiger partial charge in [-0.15, -0.1) is 0 Å². The third kappa shape index (κ3) is 4.71. The van der Waals surface area contributed by atoms with Crippen LogP contribution in [0, 0.1) is 0 Å². The summed E-state index contributed by atoms with van der Waals surface area (Å²) in [6, 6.07) is 4.45. The fourth-order valence-corrected chi connectivity index (χ4v) is 1.74. The number of carbonyl (C=O) groups is 1. The molecule has 0 unspecified atom stereocenters. The molecule has 0 aliphatic rings. The van der Waals surface area contributed by atoms with E-state index in [1.165, 1.54) is 19.2 Å². The van der Waals surface area contributed by atoms with Crippen molar-refractivity contribution in [3.05, 3.63) is 23.8 Å². The van der Waals surface area contributed by atoms with Crippen molar-refractivity contribution in [2.45, 2.75) is 19.4 Å². The van der Waals surface area contributed by atoms with Crippen LogP contribution in [-0.4, -0.2) is 49.1 Å². The number of aliphatic hydroxyl groups excluding tert-OH is 1. The fraction of sp³-hybridized carbons (Fsp3) is 0.500. The van der Waals surface area contributed by atoms with Crippen molar-refractivity contribution in [1.29, 1.82) is 0 Å². The van der Waals surface area contributed by atoms with Crippen molar-refractivity contribution in [1.82, 2.24) is 5.32 Å². The second-order valence-electron chi connectivity index (χ2n) is 4.19. The van der Waals surface area contributed by atoms with Crippen LogP contribution in [0.5, 0.6) is 11.5 Å². The van der Waals surface area contributed by atoms with Crippen LogP contribution in [-0.2, 0) is 4.74 Å². The molecule has 20 heavy (non-hydrogen) atoms. The average molecular weight is 283 g/mol. The smallest absolute Gasteiger partial charge is 0.251 e. The molecular formula is C14H21NO5. The van der Waals surface area contributed by atoms with Gasteiger partial charge in [-0.05, 0) is 31.5 Å². The Morgan fingerprint density at radius 2 is 2.20 bits per heavy atom. The van der Waals surface area contributed by atoms with E-state index in [4.69, 9.17) is 14.6 Å². The lowest BCUT2D eigenvalue weighted by Crippen LogP contribution is -2.29. The van der Waals surface area contributed by atoms with Crippen LogP contribution in [0.25, 0.3) is 0 Å². The molecule has 1 atom stereocenters. The molecule has 0 aliphatic carbocycles. The van der Waals surface area contributed by atoms with E-state index in [1.807, 2.05) is 6.92 Å². The zero-order valence-corrected chi connectivity index (χ0v) is 11.8. The van der Waals surface area contributed by atoms with E-state index in [-0.39, 0.29) is 24.4 Å². The highest BCUT2D eigenvalue weighted by molar-refractivity contribution is 5.94. The van der Waals surface area contributed by atoms with Gasteiger partial charge in [0.1, 0.15) is 0 Å². The van der Waals surface area contributed by atoms with Crippen LogP contribution in [0.2, 0.25) is 0 Å². The molecule has 0 aromatic heterocycles. The van der Waals surface area contributed by atoms with Crippen LogP contribution < -0.4 is 10.1 Å². The van der Waals surface area contributed by atoms with Gasteiger partial charge >= 0.3 is 0 Å². The Bertz CT molecular complexity index is 436. The predicted molar refractivity (Wildman–Crippen MR) is 74.1 cm³/mol. The molecule has 1 rings (SSSR count). The molecule has 6 nitrogen and oxygen atoms in total. The minimum absolute atomic E-state index is 0.0764. The summed E-state index contributed by atoms with van der Waals surface area (Å²) in [6.45, 7) is 2.68. The first-order valence-corrected chi connectivity index (χ1v) is 6.50. The third-order valence-corrected chi connectivity index (χ3v) is 2.80. The van der Waals surface area contributed by atoms with Crippen molar-refractivity contribution >= 4 is 5.91 Å². The molecule has 0 bridgehead atoms. The Morgan fingerprint density at radius 3 is 2.75 bits per heavy atom. The van der Waals surface area contributed by atoms with Crippen molar-refractivity contribution in [2.24, 2.45) is 0 Å². The van der Waals surface area contributed by atoms with Crippen LogP contribution in [0.15, 0.2) is 18.2 Å². The zero-order valence-electron chi connectivity index (χ0n) is 11.8. The van der Waals surface area contributed by atoms with E-state index >= 15 is 0 Å². The van der Waals surface area contributed by atoms with E-state index in [0.29, 0.717) is 30.9 Å². The molecule has 0 spiro atoms. The monoisotopic (exact) mass is 283 g/mol. The predicted octanol–water partition coefficient (Wildman–Crippen LogP) is 0.918. The summed E-state index contributed by atoms with van der Waals surface area (Å²) in [5, 5.41) is 21.4. The number of carbonyl (C=O) groups excluding carboxylic acids is 1. The van der Waals surface area contributed by atoms with Gasteiger partial charge in [0, 0.05) is 18.7 Å². The lowest BCUT2D eigenvalue weighted by Gasteiger charge is -2.14. The molecule has 6 heteroatoms. The summed E-state index contributed by atoms with van der Waals surface area (Å²) in [7, 11) is 1.44. The van der Waals surface area contributed by atoms with Gasteiger partial charge in [-0.3, -0.25) is 4.79 Å². The van der Waals surface area contributed by atoms with Gasteiger partial charge in [-0.25, -0.2) is 0 Å². The third-order valence-electron chi connectivity index (χ3n) is 2.80. The van der Waals surface area contributed by atoms with Crippen molar-refractivity contribution in [3.63, 3.8) is 0 Å². The Kier molecular flexibility index (Phi) is 6.83. The van der Waals surface area contributed by atoms with Gasteiger partial charge in [0.05, 0.1) is 19.8 Å². The van der Waals surface area contributed by atoms with Gasteiger partial charge in [0.25, 0.3) is 5.91 Å². The molecule has 3 N–H and O–H groups in total. The van der Waals surface area contributed by atoms with Crippen molar-refractivity contribution < 1.29 is 24.5 Å². The quantitative estimate of drug-likeness (QED) is 0.660. The number of phenolic OH excluding ortho intramolecular Hbond substituents is 1. The molecule has 1 aromatic rings. The number of nitrogens with one attached hydrogen (secondary N) is 1. The van der Waals surface area contributed by atoms with Crippen LogP contribution >= 0.6 is 0 Å². The summed E-state index contributed by atoms with van der Waals surface area (Å²) in [4.78, 5) is 11.9. The minimum atomic E-state index is -0.295. The lowest BCUT2D eigenvalue weighted by atomic mass is 10.2. The van der Waals surface area contributed by atoms with Gasteiger partial charge in [0.15, 0.2) is 11.5 Å². The maximum Gasteiger partial charge on any atom is 0.251 e. The minimum Gasteiger partial charge on any atom is -0.504 e. The van der Waals surface area contributed by atoms with Gasteiger partial charge < -0.3 is 25.0 Å². The number of benzene rings is 1. The number of aromatic hydroxyl groups is 1. The maximum atomic E-state index is 11.9. The van der Waals surface area contributed by atoms with Gasteiger partial charge in [-0.1, -0.05) is 0 Å². The molecular weight excluding hydrogens is 262 g/mol. The molecule has 1 amide bonds. The Hall–Kier alpha value is -1.79. The molecule has 0 fully saturated rings. The number of hydrogen-bond acceptors (Lipinski definition) is 5. The van der Waals surface area contributed by atoms with Crippen LogP contribution in [0.4, 0.5) is 0 Å². The molecule has 0 heterocycles. The fourth-order valence-electron chi connectivity index (χ4n) is 1.74. The second kappa shape index (κ2) is 8.39. The summed E-state index contributed by atoms with van der Waals surface area (Å²) in [5.41, 5.74) is 0.347. The zero-order chi connectivity index (χ0) is 15.0. The Morgan fingerprint density at radius 1 is 1.45 bits per heavy atom. The number of phenols is 1. The average Bonchev–Trinajstić information content (AvgIpc) is 2.46. The normalized spacial score (nSPS) is 11.9. The van der Waals surface area contributed by atoms with Crippen LogP contribution in [0.3, 0.4) is 0 Å². The van der Waals surface area contributed by atoms with Crippen molar-refractivity contribution in [2.75, 3.05) is 26.9 Å². The SMILES string of the molecule is CCO[C@H](CO)CCNC(=O)c1ccc(OC)c(O)c1. The number of methoxy groups -OCH3 is 1. The summed E-state index contributed by atoms with van der Waals surface area (Å²) in [6.07, 6.45) is 0.252. The lowest BCUT2D eigenvalue weighted by molar-refractivity contribution is 0.0154. The summed E-state index contributed by atoms with van der Waals surface area (Å²) < 4.78 is 10.2. The highest BCUT2D eigenvalue weighted by atomic mass is 16.5. The Labute approximate surface area is 118 Å². The number of amides is 1. The molecule has 0 radical (unpaired) electrons. The maximum absolute atomic E-state index is 11.9. The van der Waals surface area contributed by atoms with E-state index in [2.05, 4.69) is 5.32 Å². The number of rotatable bonds is 8. The van der Waals surface area contributed by atoms with Crippen molar-refractivity contribution in [3.8, 4) is 11.5 Å². The number of ether oxygens (including phenoxy) is 2. The van der Waals surface area contributed by atoms with E-state index in [9.17, 15) is 9.90 Å². The standard InChI is InChI=1S/C14H21NO5/c1-3-20-11(9-16)6-7-15-14(18)10-4-5-13(19-2)12(17)8-10/h4-5,8,11,16-17H,3,6-7,9H2,1-2H3,(H,15,18)/t11-/m0/s1. The molecule has 1 aromatic carbocycles. The Balaban J connectivity index is 2.48. The largest absolute Gasteiger partial charge is 0.504 e. The van der Waals surface area contributed by atoms with E-state index < -0.39 is 0 Å². The molecule has 0 aliphatic heterocycles. The molecule has 112 valence electrons. The van der Waals surface area contributed by atoms with Crippen LogP contribution in [0.1, 0.15) is 23.7 Å². The molecule has 0 saturated heterocycles. The van der Waals surface area contributed by atoms with Gasteiger partial charge in [0.2, 0.25) is 0 Å².